The Kier molecular flexibility index (Phi) is 2.65. The molecule has 2 atom stereocenters. The van der Waals surface area contributed by atoms with Crippen molar-refractivity contribution in [3.05, 3.63) is 35.1 Å². The molecule has 2 nitrogen and oxygen atoms in total. The van der Waals surface area contributed by atoms with Crippen molar-refractivity contribution in [2.75, 3.05) is 13.2 Å². The second-order valence-electron chi connectivity index (χ2n) is 4.59. The first-order valence-corrected chi connectivity index (χ1v) is 5.98. The molecule has 0 spiro atoms. The fourth-order valence-electron chi connectivity index (χ4n) is 2.75. The molecule has 0 bridgehead atoms. The molecule has 0 aliphatic carbocycles. The quantitative estimate of drug-likeness (QED) is 0.785. The molecule has 3 rings (SSSR count). The Morgan fingerprint density at radius 2 is 2.31 bits per heavy atom. The van der Waals surface area contributed by atoms with Gasteiger partial charge in [-0.05, 0) is 49.1 Å². The van der Waals surface area contributed by atoms with Crippen LogP contribution in [0.1, 0.15) is 30.1 Å². The Morgan fingerprint density at radius 1 is 1.38 bits per heavy atom. The fourth-order valence-corrected chi connectivity index (χ4v) is 2.75. The van der Waals surface area contributed by atoms with Crippen LogP contribution >= 0.6 is 0 Å². The lowest BCUT2D eigenvalue weighted by Gasteiger charge is -2.30. The summed E-state index contributed by atoms with van der Waals surface area (Å²) in [6.07, 6.45) is 3.26. The molecule has 0 aromatic heterocycles. The smallest absolute Gasteiger partial charge is 0.123 e. The van der Waals surface area contributed by atoms with Gasteiger partial charge in [-0.25, -0.2) is 4.39 Å². The Morgan fingerprint density at radius 3 is 3.12 bits per heavy atom. The van der Waals surface area contributed by atoms with Gasteiger partial charge in [0.25, 0.3) is 0 Å². The van der Waals surface area contributed by atoms with E-state index in [-0.39, 0.29) is 11.9 Å². The molecule has 3 heteroatoms. The molecular weight excluding hydrogens is 205 g/mol. The summed E-state index contributed by atoms with van der Waals surface area (Å²) >= 11 is 0. The van der Waals surface area contributed by atoms with Crippen LogP contribution in [-0.2, 0) is 11.2 Å². The highest BCUT2D eigenvalue weighted by molar-refractivity contribution is 5.32. The van der Waals surface area contributed by atoms with Crippen LogP contribution in [0.4, 0.5) is 4.39 Å². The minimum atomic E-state index is -0.160. The van der Waals surface area contributed by atoms with Crippen molar-refractivity contribution in [2.45, 2.75) is 31.4 Å². The molecule has 16 heavy (non-hydrogen) atoms. The van der Waals surface area contributed by atoms with E-state index in [0.717, 1.165) is 31.6 Å². The van der Waals surface area contributed by atoms with Gasteiger partial charge < -0.3 is 10.1 Å². The topological polar surface area (TPSA) is 21.3 Å². The van der Waals surface area contributed by atoms with E-state index in [9.17, 15) is 4.39 Å². The summed E-state index contributed by atoms with van der Waals surface area (Å²) in [4.78, 5) is 0. The fraction of sp³-hybridized carbons (Fsp3) is 0.538. The number of benzene rings is 1. The molecule has 0 radical (unpaired) electrons. The summed E-state index contributed by atoms with van der Waals surface area (Å²) < 4.78 is 19.1. The zero-order valence-electron chi connectivity index (χ0n) is 9.21. The first-order chi connectivity index (χ1) is 7.84. The first-order valence-electron chi connectivity index (χ1n) is 5.98. The molecule has 86 valence electrons. The van der Waals surface area contributed by atoms with Crippen molar-refractivity contribution in [1.29, 1.82) is 0 Å². The lowest BCUT2D eigenvalue weighted by atomic mass is 9.92. The number of rotatable bonds is 1. The van der Waals surface area contributed by atoms with E-state index in [1.165, 1.54) is 12.0 Å². The van der Waals surface area contributed by atoms with Gasteiger partial charge in [0.2, 0.25) is 0 Å². The zero-order chi connectivity index (χ0) is 11.0. The van der Waals surface area contributed by atoms with Crippen LogP contribution in [0, 0.1) is 5.82 Å². The maximum absolute atomic E-state index is 13.3. The summed E-state index contributed by atoms with van der Waals surface area (Å²) in [6, 6.07) is 5.44. The Hall–Kier alpha value is -0.930. The number of hydrogen-bond donors (Lipinski definition) is 1. The normalized spacial score (nSPS) is 29.1. The van der Waals surface area contributed by atoms with E-state index in [1.807, 2.05) is 6.07 Å². The molecule has 0 amide bonds. The van der Waals surface area contributed by atoms with Crippen LogP contribution in [0.2, 0.25) is 0 Å². The van der Waals surface area contributed by atoms with Crippen LogP contribution in [0.25, 0.3) is 0 Å². The van der Waals surface area contributed by atoms with Gasteiger partial charge in [0.1, 0.15) is 5.82 Å². The van der Waals surface area contributed by atoms with Gasteiger partial charge in [-0.3, -0.25) is 0 Å². The molecule has 2 heterocycles. The van der Waals surface area contributed by atoms with Crippen molar-refractivity contribution in [3.63, 3.8) is 0 Å². The largest absolute Gasteiger partial charge is 0.372 e. The Labute approximate surface area is 94.8 Å². The molecule has 1 aromatic rings. The third kappa shape index (κ3) is 1.74. The first kappa shape index (κ1) is 10.2. The summed E-state index contributed by atoms with van der Waals surface area (Å²) in [5, 5.41) is 3.44. The van der Waals surface area contributed by atoms with Gasteiger partial charge in [-0.15, -0.1) is 0 Å². The van der Waals surface area contributed by atoms with E-state index in [4.69, 9.17) is 4.74 Å². The molecule has 2 aliphatic rings. The molecule has 0 saturated carbocycles. The van der Waals surface area contributed by atoms with Crippen LogP contribution in [-0.4, -0.2) is 19.2 Å². The minimum absolute atomic E-state index is 0.0435. The minimum Gasteiger partial charge on any atom is -0.372 e. The molecule has 1 fully saturated rings. The Bertz CT molecular complexity index is 388. The lowest BCUT2D eigenvalue weighted by molar-refractivity contribution is 0.0197. The number of hydrogen-bond acceptors (Lipinski definition) is 2. The molecule has 0 unspecified atom stereocenters. The van der Waals surface area contributed by atoms with E-state index in [1.54, 1.807) is 12.1 Å². The Balaban J connectivity index is 1.94. The van der Waals surface area contributed by atoms with Crippen LogP contribution in [0.5, 0.6) is 0 Å². The van der Waals surface area contributed by atoms with Crippen LogP contribution in [0.15, 0.2) is 18.2 Å². The maximum atomic E-state index is 13.3. The predicted octanol–water partition coefficient (Wildman–Crippen LogP) is 2.19. The number of nitrogens with one attached hydrogen (secondary N) is 1. The van der Waals surface area contributed by atoms with Crippen molar-refractivity contribution in [1.82, 2.24) is 5.32 Å². The second-order valence-corrected chi connectivity index (χ2v) is 4.59. The highest BCUT2D eigenvalue weighted by atomic mass is 19.1. The second kappa shape index (κ2) is 4.15. The van der Waals surface area contributed by atoms with Crippen molar-refractivity contribution < 1.29 is 9.13 Å². The predicted molar refractivity (Wildman–Crippen MR) is 59.8 cm³/mol. The van der Waals surface area contributed by atoms with Crippen LogP contribution < -0.4 is 5.32 Å². The zero-order valence-corrected chi connectivity index (χ0v) is 9.21. The van der Waals surface area contributed by atoms with E-state index < -0.39 is 0 Å². The van der Waals surface area contributed by atoms with E-state index in [2.05, 4.69) is 5.32 Å². The average molecular weight is 221 g/mol. The summed E-state index contributed by atoms with van der Waals surface area (Å²) in [5.41, 5.74) is 2.29. The SMILES string of the molecule is Fc1ccc2c(c1)[C@H]([C@@H]1CCCN1)OCC2. The lowest BCUT2D eigenvalue weighted by Crippen LogP contribution is -2.33. The third-order valence-electron chi connectivity index (χ3n) is 3.55. The summed E-state index contributed by atoms with van der Waals surface area (Å²) in [5.74, 6) is -0.160. The van der Waals surface area contributed by atoms with Gasteiger partial charge in [0, 0.05) is 6.04 Å². The standard InChI is InChI=1S/C13H16FNO/c14-10-4-3-9-5-7-16-13(11(9)8-10)12-2-1-6-15-12/h3-4,8,12-13,15H,1-2,5-7H2/t12-,13+/m0/s1. The molecule has 1 aromatic carbocycles. The van der Waals surface area contributed by atoms with Gasteiger partial charge in [0.05, 0.1) is 12.7 Å². The highest BCUT2D eigenvalue weighted by Crippen LogP contribution is 2.33. The van der Waals surface area contributed by atoms with E-state index >= 15 is 0 Å². The van der Waals surface area contributed by atoms with Gasteiger partial charge in [-0.1, -0.05) is 6.07 Å². The summed E-state index contributed by atoms with van der Waals surface area (Å²) in [7, 11) is 0. The van der Waals surface area contributed by atoms with Gasteiger partial charge in [0.15, 0.2) is 0 Å². The van der Waals surface area contributed by atoms with Crippen LogP contribution in [0.3, 0.4) is 0 Å². The molecule has 2 aliphatic heterocycles. The number of fused-ring (bicyclic) bond motifs is 1. The highest BCUT2D eigenvalue weighted by Gasteiger charge is 2.30. The average Bonchev–Trinajstić information content (AvgIpc) is 2.81. The molecule has 1 saturated heterocycles. The summed E-state index contributed by atoms with van der Waals surface area (Å²) in [6.45, 7) is 1.80. The van der Waals surface area contributed by atoms with Gasteiger partial charge in [-0.2, -0.15) is 0 Å². The van der Waals surface area contributed by atoms with Crippen molar-refractivity contribution >= 4 is 0 Å². The molecule has 1 N–H and O–H groups in total. The third-order valence-corrected chi connectivity index (χ3v) is 3.55. The number of halogens is 1. The monoisotopic (exact) mass is 221 g/mol. The van der Waals surface area contributed by atoms with Crippen molar-refractivity contribution in [3.8, 4) is 0 Å². The maximum Gasteiger partial charge on any atom is 0.123 e. The number of ether oxygens (including phenoxy) is 1. The van der Waals surface area contributed by atoms with Gasteiger partial charge >= 0.3 is 0 Å². The van der Waals surface area contributed by atoms with E-state index in [0.29, 0.717) is 6.04 Å². The molecular formula is C13H16FNO. The van der Waals surface area contributed by atoms with Crippen molar-refractivity contribution in [2.24, 2.45) is 0 Å².